The lowest BCUT2D eigenvalue weighted by atomic mass is 10.1. The van der Waals surface area contributed by atoms with Gasteiger partial charge in [-0.3, -0.25) is 9.59 Å². The highest BCUT2D eigenvalue weighted by atomic mass is 32.2. The molecule has 172 valence electrons. The van der Waals surface area contributed by atoms with Gasteiger partial charge in [0.25, 0.3) is 0 Å². The summed E-state index contributed by atoms with van der Waals surface area (Å²) in [6, 6.07) is 9.33. The molecule has 1 fully saturated rings. The molecule has 1 saturated heterocycles. The summed E-state index contributed by atoms with van der Waals surface area (Å²) in [6.45, 7) is 0.185. The topological polar surface area (TPSA) is 85.7 Å². The lowest BCUT2D eigenvalue weighted by Gasteiger charge is -2.20. The second-order valence-electron chi connectivity index (χ2n) is 7.50. The number of amides is 2. The maximum Gasteiger partial charge on any atom is 0.229 e. The molecule has 4 rings (SSSR count). The molecule has 0 saturated carbocycles. The van der Waals surface area contributed by atoms with Gasteiger partial charge in [0.1, 0.15) is 17.3 Å². The van der Waals surface area contributed by atoms with E-state index in [9.17, 15) is 14.0 Å². The summed E-state index contributed by atoms with van der Waals surface area (Å²) in [7, 11) is 4.90. The summed E-state index contributed by atoms with van der Waals surface area (Å²) in [4.78, 5) is 32.2. The minimum atomic E-state index is -0.599. The third-order valence-electron chi connectivity index (χ3n) is 5.35. The molecule has 8 nitrogen and oxygen atoms in total. The Labute approximate surface area is 194 Å². The van der Waals surface area contributed by atoms with Crippen molar-refractivity contribution in [2.45, 2.75) is 16.5 Å². The largest absolute Gasteiger partial charge is 0.497 e. The highest BCUT2D eigenvalue weighted by Crippen LogP contribution is 2.37. The van der Waals surface area contributed by atoms with Crippen molar-refractivity contribution in [2.24, 2.45) is 13.0 Å². The molecular weight excluding hydrogens is 447 g/mol. The Bertz CT molecular complexity index is 1200. The molecule has 10 heteroatoms. The van der Waals surface area contributed by atoms with Crippen LogP contribution in [0.15, 0.2) is 58.8 Å². The molecule has 1 aliphatic heterocycles. The quantitative estimate of drug-likeness (QED) is 0.567. The van der Waals surface area contributed by atoms with Crippen LogP contribution in [-0.2, 0) is 16.6 Å². The van der Waals surface area contributed by atoms with Crippen molar-refractivity contribution >= 4 is 35.0 Å². The number of carbonyl (C=O) groups is 2. The van der Waals surface area contributed by atoms with Crippen LogP contribution in [0.2, 0.25) is 0 Å². The summed E-state index contributed by atoms with van der Waals surface area (Å²) >= 11 is 1.31. The van der Waals surface area contributed by atoms with E-state index in [1.807, 2.05) is 11.6 Å². The maximum absolute atomic E-state index is 14.0. The van der Waals surface area contributed by atoms with Gasteiger partial charge in [-0.15, -0.1) is 0 Å². The Balaban J connectivity index is 1.52. The lowest BCUT2D eigenvalue weighted by Crippen LogP contribution is -2.28. The van der Waals surface area contributed by atoms with Crippen LogP contribution in [0, 0.1) is 11.7 Å². The van der Waals surface area contributed by atoms with E-state index in [1.165, 1.54) is 35.9 Å². The van der Waals surface area contributed by atoms with Crippen LogP contribution in [0.1, 0.15) is 6.42 Å². The smallest absolute Gasteiger partial charge is 0.229 e. The first-order valence-electron chi connectivity index (χ1n) is 10.2. The zero-order valence-electron chi connectivity index (χ0n) is 18.4. The average molecular weight is 471 g/mol. The van der Waals surface area contributed by atoms with Gasteiger partial charge in [0, 0.05) is 43.4 Å². The molecule has 1 atom stereocenters. The van der Waals surface area contributed by atoms with Crippen molar-refractivity contribution in [1.29, 1.82) is 0 Å². The molecule has 2 heterocycles. The van der Waals surface area contributed by atoms with E-state index in [-0.39, 0.29) is 24.8 Å². The normalized spacial score (nSPS) is 15.6. The molecule has 0 radical (unpaired) electrons. The minimum Gasteiger partial charge on any atom is -0.497 e. The summed E-state index contributed by atoms with van der Waals surface area (Å²) in [5.74, 6) is -0.547. The van der Waals surface area contributed by atoms with Crippen LogP contribution in [0.3, 0.4) is 0 Å². The first-order valence-corrected chi connectivity index (χ1v) is 11.0. The Morgan fingerprint density at radius 2 is 2.03 bits per heavy atom. The van der Waals surface area contributed by atoms with E-state index < -0.39 is 11.7 Å². The van der Waals surface area contributed by atoms with Crippen molar-refractivity contribution in [3.63, 3.8) is 0 Å². The molecule has 2 amide bonds. The Morgan fingerprint density at radius 1 is 1.21 bits per heavy atom. The van der Waals surface area contributed by atoms with Gasteiger partial charge in [-0.25, -0.2) is 9.37 Å². The molecule has 1 N–H and O–H groups in total. The molecule has 1 unspecified atom stereocenters. The number of methoxy groups -OCH3 is 2. The van der Waals surface area contributed by atoms with Gasteiger partial charge < -0.3 is 24.3 Å². The second-order valence-corrected chi connectivity index (χ2v) is 8.50. The summed E-state index contributed by atoms with van der Waals surface area (Å²) in [6.07, 6.45) is 3.50. The highest BCUT2D eigenvalue weighted by molar-refractivity contribution is 7.99. The van der Waals surface area contributed by atoms with Crippen LogP contribution >= 0.6 is 11.8 Å². The number of ether oxygens (including phenoxy) is 2. The van der Waals surface area contributed by atoms with Crippen molar-refractivity contribution in [3.05, 3.63) is 54.6 Å². The van der Waals surface area contributed by atoms with Crippen LogP contribution in [0.4, 0.5) is 15.8 Å². The highest BCUT2D eigenvalue weighted by Gasteiger charge is 2.36. The van der Waals surface area contributed by atoms with E-state index in [0.717, 1.165) is 0 Å². The van der Waals surface area contributed by atoms with Gasteiger partial charge >= 0.3 is 0 Å². The summed E-state index contributed by atoms with van der Waals surface area (Å²) < 4.78 is 26.4. The number of nitrogens with one attached hydrogen (secondary N) is 1. The summed E-state index contributed by atoms with van der Waals surface area (Å²) in [5.41, 5.74) is 0.899. The van der Waals surface area contributed by atoms with Gasteiger partial charge in [0.05, 0.1) is 31.5 Å². The zero-order valence-corrected chi connectivity index (χ0v) is 19.2. The van der Waals surface area contributed by atoms with Gasteiger partial charge in [-0.1, -0.05) is 0 Å². The molecule has 1 aromatic heterocycles. The number of anilines is 2. The number of benzene rings is 2. The molecule has 0 bridgehead atoms. The van der Waals surface area contributed by atoms with Crippen LogP contribution in [0.5, 0.6) is 11.5 Å². The van der Waals surface area contributed by atoms with Crippen molar-refractivity contribution in [1.82, 2.24) is 9.55 Å². The van der Waals surface area contributed by atoms with E-state index in [2.05, 4.69) is 10.3 Å². The second kappa shape index (κ2) is 9.53. The van der Waals surface area contributed by atoms with Gasteiger partial charge in [0.15, 0.2) is 5.16 Å². The molecule has 0 spiro atoms. The first-order chi connectivity index (χ1) is 15.9. The predicted octanol–water partition coefficient (Wildman–Crippen LogP) is 3.72. The standard InChI is InChI=1S/C23H23FN4O4S/c1-27-9-8-25-23(27)33-20-7-4-15(24)11-17(20)26-22(30)14-10-21(29)28(13-14)18-6-5-16(31-2)12-19(18)32-3/h4-9,11-12,14H,10,13H2,1-3H3,(H,26,30). The van der Waals surface area contributed by atoms with E-state index in [4.69, 9.17) is 9.47 Å². The van der Waals surface area contributed by atoms with Gasteiger partial charge in [-0.2, -0.15) is 0 Å². The van der Waals surface area contributed by atoms with Crippen LogP contribution in [-0.4, -0.2) is 42.1 Å². The fourth-order valence-electron chi connectivity index (χ4n) is 3.60. The van der Waals surface area contributed by atoms with E-state index >= 15 is 0 Å². The summed E-state index contributed by atoms with van der Waals surface area (Å²) in [5, 5.41) is 3.50. The number of carbonyl (C=O) groups excluding carboxylic acids is 2. The predicted molar refractivity (Wildman–Crippen MR) is 122 cm³/mol. The number of imidazole rings is 1. The van der Waals surface area contributed by atoms with E-state index in [1.54, 1.807) is 43.8 Å². The Hall–Kier alpha value is -3.53. The molecular formula is C23H23FN4O4S. The monoisotopic (exact) mass is 470 g/mol. The molecule has 1 aliphatic rings. The molecule has 2 aromatic carbocycles. The van der Waals surface area contributed by atoms with Gasteiger partial charge in [0.2, 0.25) is 11.8 Å². The maximum atomic E-state index is 14.0. The zero-order chi connectivity index (χ0) is 23.5. The first kappa shape index (κ1) is 22.7. The molecule has 3 aromatic rings. The Morgan fingerprint density at radius 3 is 2.73 bits per heavy atom. The van der Waals surface area contributed by atoms with Gasteiger partial charge in [-0.05, 0) is 42.1 Å². The number of hydrogen-bond donors (Lipinski definition) is 1. The lowest BCUT2D eigenvalue weighted by molar-refractivity contribution is -0.122. The third kappa shape index (κ3) is 4.80. The average Bonchev–Trinajstić information content (AvgIpc) is 3.40. The fourth-order valence-corrected chi connectivity index (χ4v) is 4.47. The van der Waals surface area contributed by atoms with Crippen LogP contribution in [0.25, 0.3) is 0 Å². The van der Waals surface area contributed by atoms with Crippen molar-refractivity contribution < 1.29 is 23.5 Å². The SMILES string of the molecule is COc1ccc(N2CC(C(=O)Nc3cc(F)ccc3Sc3nccn3C)CC2=O)c(OC)c1. The fraction of sp³-hybridized carbons (Fsp3) is 0.261. The molecule has 0 aliphatic carbocycles. The number of nitrogens with zero attached hydrogens (tertiary/aromatic N) is 3. The van der Waals surface area contributed by atoms with E-state index in [0.29, 0.717) is 32.9 Å². The Kier molecular flexibility index (Phi) is 6.55. The number of aromatic nitrogens is 2. The molecule has 33 heavy (non-hydrogen) atoms. The number of hydrogen-bond acceptors (Lipinski definition) is 6. The minimum absolute atomic E-state index is 0.0399. The number of aryl methyl sites for hydroxylation is 1. The van der Waals surface area contributed by atoms with Crippen molar-refractivity contribution in [2.75, 3.05) is 31.0 Å². The van der Waals surface area contributed by atoms with Crippen LogP contribution < -0.4 is 19.7 Å². The third-order valence-corrected chi connectivity index (χ3v) is 6.50. The number of rotatable bonds is 7. The van der Waals surface area contributed by atoms with Crippen molar-refractivity contribution in [3.8, 4) is 11.5 Å². The number of halogens is 1.